The number of halogens is 2. The molecular formula is C18H10Cl2N2O2S4. The topological polar surface area (TPSA) is 59.9 Å². The molecule has 0 aliphatic carbocycles. The summed E-state index contributed by atoms with van der Waals surface area (Å²) in [5.74, 6) is 0. The molecule has 142 valence electrons. The Kier molecular flexibility index (Phi) is 6.24. The third kappa shape index (κ3) is 4.87. The zero-order valence-corrected chi connectivity index (χ0v) is 18.8. The maximum absolute atomic E-state index is 12.2. The van der Waals surface area contributed by atoms with E-state index in [1.54, 1.807) is 12.1 Å². The molecule has 4 aromatic rings. The highest BCUT2D eigenvalue weighted by Crippen LogP contribution is 2.34. The lowest BCUT2D eigenvalue weighted by Crippen LogP contribution is -1.97. The van der Waals surface area contributed by atoms with Gasteiger partial charge in [0.1, 0.15) is 0 Å². The summed E-state index contributed by atoms with van der Waals surface area (Å²) < 4.78 is 3.19. The van der Waals surface area contributed by atoms with Crippen molar-refractivity contribution in [2.24, 2.45) is 0 Å². The highest BCUT2D eigenvalue weighted by atomic mass is 35.5. The number of hydrogen-bond donors (Lipinski definition) is 0. The fourth-order valence-corrected chi connectivity index (χ4v) is 6.80. The van der Waals surface area contributed by atoms with Gasteiger partial charge in [-0.05, 0) is 59.9 Å². The molecule has 2 aromatic heterocycles. The van der Waals surface area contributed by atoms with Gasteiger partial charge in [0, 0.05) is 22.9 Å². The van der Waals surface area contributed by atoms with Crippen LogP contribution >= 0.6 is 69.4 Å². The maximum atomic E-state index is 12.2. The minimum Gasteiger partial charge on any atom is -0.287 e. The molecule has 0 N–H and O–H groups in total. The Morgan fingerprint density at radius 2 is 1.21 bits per heavy atom. The number of rotatable bonds is 5. The van der Waals surface area contributed by atoms with Crippen LogP contribution in [-0.2, 0) is 9.59 Å². The maximum Gasteiger partial charge on any atom is 0.196 e. The average molecular weight is 485 g/mol. The number of benzene rings is 2. The van der Waals surface area contributed by atoms with Gasteiger partial charge in [0.2, 0.25) is 0 Å². The van der Waals surface area contributed by atoms with E-state index in [-0.39, 0.29) is 23.1 Å². The molecule has 0 spiro atoms. The molecule has 0 bridgehead atoms. The molecule has 0 radical (unpaired) electrons. The van der Waals surface area contributed by atoms with E-state index in [4.69, 9.17) is 23.2 Å². The molecule has 0 saturated carbocycles. The summed E-state index contributed by atoms with van der Waals surface area (Å²) in [4.78, 5) is 33.2. The molecule has 2 aromatic carbocycles. The first-order valence-electron chi connectivity index (χ1n) is 8.00. The number of hydrogen-bond acceptors (Lipinski definition) is 8. The third-order valence-electron chi connectivity index (χ3n) is 3.60. The van der Waals surface area contributed by atoms with Gasteiger partial charge in [-0.3, -0.25) is 9.59 Å². The number of thioether (sulfide) groups is 2. The molecule has 10 heteroatoms. The van der Waals surface area contributed by atoms with E-state index in [2.05, 4.69) is 9.97 Å². The summed E-state index contributed by atoms with van der Waals surface area (Å²) in [6.07, 6.45) is 0.313. The van der Waals surface area contributed by atoms with Gasteiger partial charge in [-0.2, -0.15) is 0 Å². The van der Waals surface area contributed by atoms with E-state index in [1.807, 2.05) is 24.3 Å². The molecule has 2 heterocycles. The van der Waals surface area contributed by atoms with Crippen molar-refractivity contribution in [2.75, 3.05) is 0 Å². The van der Waals surface area contributed by atoms with Crippen LogP contribution in [0.25, 0.3) is 20.4 Å². The second-order valence-electron chi connectivity index (χ2n) is 5.63. The molecule has 4 nitrogen and oxygen atoms in total. The number of aromatic nitrogens is 2. The molecule has 28 heavy (non-hydrogen) atoms. The number of thiazole rings is 2. The highest BCUT2D eigenvalue weighted by Gasteiger charge is 2.15. The SMILES string of the molecule is O=C(CCC(=O)Sc1nc2ccc(Cl)cc2s1)Sc1nc2ccc(Cl)cc2s1. The molecule has 0 aliphatic heterocycles. The van der Waals surface area contributed by atoms with Crippen LogP contribution in [0.3, 0.4) is 0 Å². The summed E-state index contributed by atoms with van der Waals surface area (Å²) in [5, 5.41) is 1.10. The number of nitrogens with zero attached hydrogens (tertiary/aromatic N) is 2. The second kappa shape index (κ2) is 8.69. The van der Waals surface area contributed by atoms with Crippen molar-refractivity contribution in [1.29, 1.82) is 0 Å². The highest BCUT2D eigenvalue weighted by molar-refractivity contribution is 8.15. The average Bonchev–Trinajstić information content (AvgIpc) is 3.21. The first-order chi connectivity index (χ1) is 13.5. The van der Waals surface area contributed by atoms with Crippen molar-refractivity contribution in [3.05, 3.63) is 46.4 Å². The van der Waals surface area contributed by atoms with Gasteiger partial charge in [-0.25, -0.2) is 9.97 Å². The molecule has 0 aliphatic rings. The predicted molar refractivity (Wildman–Crippen MR) is 120 cm³/mol. The predicted octanol–water partition coefficient (Wildman–Crippen LogP) is 6.93. The quantitative estimate of drug-likeness (QED) is 0.286. The summed E-state index contributed by atoms with van der Waals surface area (Å²) in [5.41, 5.74) is 1.62. The van der Waals surface area contributed by atoms with Crippen LogP contribution < -0.4 is 0 Å². The van der Waals surface area contributed by atoms with Crippen molar-refractivity contribution in [3.63, 3.8) is 0 Å². The van der Waals surface area contributed by atoms with Gasteiger partial charge >= 0.3 is 0 Å². The molecule has 4 rings (SSSR count). The molecule has 0 saturated heterocycles. The van der Waals surface area contributed by atoms with Crippen LogP contribution in [0.15, 0.2) is 45.1 Å². The summed E-state index contributed by atoms with van der Waals surface area (Å²) in [6.45, 7) is 0. The Bertz CT molecular complexity index is 1110. The third-order valence-corrected chi connectivity index (χ3v) is 8.09. The Morgan fingerprint density at radius 1 is 0.786 bits per heavy atom. The number of carbonyl (C=O) groups is 2. The Morgan fingerprint density at radius 3 is 1.64 bits per heavy atom. The summed E-state index contributed by atoms with van der Waals surface area (Å²) >= 11 is 16.9. The minimum absolute atomic E-state index is 0.0878. The van der Waals surface area contributed by atoms with Crippen molar-refractivity contribution >= 4 is 100 Å². The van der Waals surface area contributed by atoms with Crippen LogP contribution in [0.1, 0.15) is 12.8 Å². The largest absolute Gasteiger partial charge is 0.287 e. The van der Waals surface area contributed by atoms with Crippen LogP contribution in [0.4, 0.5) is 0 Å². The van der Waals surface area contributed by atoms with Gasteiger partial charge in [0.05, 0.1) is 20.4 Å². The van der Waals surface area contributed by atoms with E-state index >= 15 is 0 Å². The van der Waals surface area contributed by atoms with Crippen LogP contribution in [-0.4, -0.2) is 20.2 Å². The van der Waals surface area contributed by atoms with E-state index in [1.165, 1.54) is 22.7 Å². The smallest absolute Gasteiger partial charge is 0.196 e. The lowest BCUT2D eigenvalue weighted by molar-refractivity contribution is -0.115. The fourth-order valence-electron chi connectivity index (χ4n) is 2.34. The monoisotopic (exact) mass is 484 g/mol. The fraction of sp³-hybridized carbons (Fsp3) is 0.111. The minimum atomic E-state index is -0.0878. The van der Waals surface area contributed by atoms with Gasteiger partial charge in [-0.1, -0.05) is 23.2 Å². The van der Waals surface area contributed by atoms with Crippen molar-refractivity contribution in [1.82, 2.24) is 9.97 Å². The second-order valence-corrected chi connectivity index (χ2v) is 11.2. The number of fused-ring (bicyclic) bond motifs is 2. The van der Waals surface area contributed by atoms with Crippen molar-refractivity contribution in [2.45, 2.75) is 21.5 Å². The first-order valence-corrected chi connectivity index (χ1v) is 12.0. The van der Waals surface area contributed by atoms with Crippen LogP contribution in [0, 0.1) is 0 Å². The zero-order valence-electron chi connectivity index (χ0n) is 14.0. The van der Waals surface area contributed by atoms with Gasteiger partial charge < -0.3 is 0 Å². The summed E-state index contributed by atoms with van der Waals surface area (Å²) in [7, 11) is 0. The van der Waals surface area contributed by atoms with Gasteiger partial charge in [0.15, 0.2) is 18.9 Å². The Labute approximate surface area is 186 Å². The Balaban J connectivity index is 1.32. The van der Waals surface area contributed by atoms with Gasteiger partial charge in [0.25, 0.3) is 0 Å². The van der Waals surface area contributed by atoms with Gasteiger partial charge in [-0.15, -0.1) is 22.7 Å². The molecular weight excluding hydrogens is 475 g/mol. The first kappa shape index (κ1) is 20.1. The van der Waals surface area contributed by atoms with E-state index in [0.29, 0.717) is 18.7 Å². The molecule has 0 fully saturated rings. The van der Waals surface area contributed by atoms with Crippen molar-refractivity contribution in [3.8, 4) is 0 Å². The van der Waals surface area contributed by atoms with Crippen LogP contribution in [0.2, 0.25) is 10.0 Å². The Hall–Kier alpha value is -1.16. The summed E-state index contributed by atoms with van der Waals surface area (Å²) in [6, 6.07) is 10.8. The lowest BCUT2D eigenvalue weighted by Gasteiger charge is -1.97. The standard InChI is InChI=1S/C18H10Cl2N2O2S4/c19-9-1-3-11-13(7-9)25-17(21-11)27-15(23)5-6-16(24)28-18-22-12-4-2-10(20)8-14(12)26-18/h1-4,7-8H,5-6H2. The van der Waals surface area contributed by atoms with E-state index < -0.39 is 0 Å². The molecule has 0 unspecified atom stereocenters. The van der Waals surface area contributed by atoms with E-state index in [9.17, 15) is 9.59 Å². The van der Waals surface area contributed by atoms with Crippen molar-refractivity contribution < 1.29 is 9.59 Å². The lowest BCUT2D eigenvalue weighted by atomic mass is 10.3. The van der Waals surface area contributed by atoms with Crippen LogP contribution in [0.5, 0.6) is 0 Å². The normalized spacial score (nSPS) is 11.4. The van der Waals surface area contributed by atoms with E-state index in [0.717, 1.165) is 44.0 Å². The molecule has 0 atom stereocenters. The number of carbonyl (C=O) groups excluding carboxylic acids is 2. The molecule has 0 amide bonds. The zero-order chi connectivity index (χ0) is 19.7.